The van der Waals surface area contributed by atoms with E-state index in [0.717, 1.165) is 42.5 Å². The topological polar surface area (TPSA) is 81.7 Å². The van der Waals surface area contributed by atoms with Gasteiger partial charge < -0.3 is 4.90 Å². The van der Waals surface area contributed by atoms with Crippen LogP contribution in [0.3, 0.4) is 0 Å². The van der Waals surface area contributed by atoms with Gasteiger partial charge >= 0.3 is 0 Å². The van der Waals surface area contributed by atoms with Crippen LogP contribution in [-0.2, 0) is 0 Å². The van der Waals surface area contributed by atoms with Crippen LogP contribution in [0.5, 0.6) is 0 Å². The van der Waals surface area contributed by atoms with Crippen LogP contribution in [0.1, 0.15) is 30.3 Å². The van der Waals surface area contributed by atoms with Gasteiger partial charge in [-0.05, 0) is 38.8 Å². The van der Waals surface area contributed by atoms with E-state index in [1.165, 1.54) is 0 Å². The average molecular weight is 357 g/mol. The normalized spacial score (nSPS) is 15.7. The zero-order valence-electron chi connectivity index (χ0n) is 14.2. The molecule has 4 heterocycles. The predicted octanol–water partition coefficient (Wildman–Crippen LogP) is 1.74. The summed E-state index contributed by atoms with van der Waals surface area (Å²) in [5.41, 5.74) is 3.61. The maximum atomic E-state index is 12.3. The minimum Gasteiger partial charge on any atom is -0.347 e. The Morgan fingerprint density at radius 3 is 2.60 bits per heavy atom. The Balaban J connectivity index is 1.58. The Bertz CT molecular complexity index is 922. The molecule has 0 aromatic carbocycles. The summed E-state index contributed by atoms with van der Waals surface area (Å²) in [6.45, 7) is 5.62. The Labute approximate surface area is 148 Å². The van der Waals surface area contributed by atoms with Crippen LogP contribution in [0, 0.1) is 13.8 Å². The van der Waals surface area contributed by atoms with E-state index in [0.29, 0.717) is 5.82 Å². The molecule has 0 unspecified atom stereocenters. The summed E-state index contributed by atoms with van der Waals surface area (Å²) in [7, 11) is 0. The van der Waals surface area contributed by atoms with Gasteiger partial charge in [0.05, 0.1) is 11.7 Å². The second kappa shape index (κ2) is 6.40. The molecule has 3 aromatic rings. The molecule has 0 saturated carbocycles. The van der Waals surface area contributed by atoms with E-state index in [-0.39, 0.29) is 11.6 Å². The third-order valence-corrected chi connectivity index (χ3v) is 5.22. The largest absolute Gasteiger partial charge is 0.347 e. The predicted molar refractivity (Wildman–Crippen MR) is 95.5 cm³/mol. The Hall–Kier alpha value is -2.55. The first-order valence-corrected chi connectivity index (χ1v) is 9.14. The first-order valence-electron chi connectivity index (χ1n) is 8.26. The number of anilines is 1. The van der Waals surface area contributed by atoms with Crippen molar-refractivity contribution in [2.75, 3.05) is 18.0 Å². The molecule has 4 rings (SSSR count). The maximum Gasteiger partial charge on any atom is 0.267 e. The summed E-state index contributed by atoms with van der Waals surface area (Å²) < 4.78 is 3.39. The van der Waals surface area contributed by atoms with Gasteiger partial charge in [-0.25, -0.2) is 9.36 Å². The number of rotatable bonds is 3. The van der Waals surface area contributed by atoms with Crippen LogP contribution < -0.4 is 10.5 Å². The van der Waals surface area contributed by atoms with E-state index in [2.05, 4.69) is 25.3 Å². The van der Waals surface area contributed by atoms with E-state index < -0.39 is 0 Å². The van der Waals surface area contributed by atoms with Gasteiger partial charge in [0.25, 0.3) is 5.56 Å². The molecule has 130 valence electrons. The standard InChI is InChI=1S/C16H19N7OS/c1-11-9-12(2)22(19-11)14-3-4-15(24)23(20-14)13-5-7-21(8-6-13)16-18-17-10-25-16/h3-4,9-10,13H,5-8H2,1-2H3. The van der Waals surface area contributed by atoms with Gasteiger partial charge in [0.1, 0.15) is 5.51 Å². The summed E-state index contributed by atoms with van der Waals surface area (Å²) in [5, 5.41) is 18.0. The lowest BCUT2D eigenvalue weighted by molar-refractivity contribution is 0.351. The van der Waals surface area contributed by atoms with Gasteiger partial charge in [-0.3, -0.25) is 4.79 Å². The molecule has 1 aliphatic rings. The van der Waals surface area contributed by atoms with E-state index in [1.807, 2.05) is 19.9 Å². The van der Waals surface area contributed by atoms with Crippen LogP contribution in [-0.4, -0.2) is 42.8 Å². The van der Waals surface area contributed by atoms with Crippen LogP contribution in [0.2, 0.25) is 0 Å². The molecule has 1 aliphatic heterocycles. The van der Waals surface area contributed by atoms with Crippen molar-refractivity contribution < 1.29 is 0 Å². The van der Waals surface area contributed by atoms with E-state index in [9.17, 15) is 4.79 Å². The second-order valence-electron chi connectivity index (χ2n) is 6.25. The van der Waals surface area contributed by atoms with Crippen LogP contribution >= 0.6 is 11.3 Å². The molecular formula is C16H19N7OS. The molecule has 0 atom stereocenters. The fraction of sp³-hybridized carbons (Fsp3) is 0.438. The molecule has 0 spiro atoms. The number of hydrogen-bond acceptors (Lipinski definition) is 7. The van der Waals surface area contributed by atoms with Gasteiger partial charge in [-0.1, -0.05) is 11.3 Å². The van der Waals surface area contributed by atoms with E-state index >= 15 is 0 Å². The molecule has 0 bridgehead atoms. The van der Waals surface area contributed by atoms with Crippen molar-refractivity contribution in [3.8, 4) is 5.82 Å². The lowest BCUT2D eigenvalue weighted by Gasteiger charge is -2.31. The number of aryl methyl sites for hydroxylation is 2. The summed E-state index contributed by atoms with van der Waals surface area (Å²) in [6, 6.07) is 5.40. The highest BCUT2D eigenvalue weighted by atomic mass is 32.1. The molecule has 8 nitrogen and oxygen atoms in total. The van der Waals surface area contributed by atoms with Crippen molar-refractivity contribution in [3.63, 3.8) is 0 Å². The molecule has 25 heavy (non-hydrogen) atoms. The van der Waals surface area contributed by atoms with Crippen LogP contribution in [0.15, 0.2) is 28.5 Å². The molecule has 0 aliphatic carbocycles. The summed E-state index contributed by atoms with van der Waals surface area (Å²) in [4.78, 5) is 14.6. The molecular weight excluding hydrogens is 338 g/mol. The van der Waals surface area contributed by atoms with Crippen molar-refractivity contribution in [3.05, 3.63) is 45.5 Å². The molecule has 1 saturated heterocycles. The number of hydrogen-bond donors (Lipinski definition) is 0. The quantitative estimate of drug-likeness (QED) is 0.710. The number of nitrogens with zero attached hydrogens (tertiary/aromatic N) is 7. The molecule has 0 radical (unpaired) electrons. The summed E-state index contributed by atoms with van der Waals surface area (Å²) >= 11 is 1.54. The fourth-order valence-electron chi connectivity index (χ4n) is 3.26. The monoisotopic (exact) mass is 357 g/mol. The Morgan fingerprint density at radius 2 is 1.96 bits per heavy atom. The van der Waals surface area contributed by atoms with Crippen molar-refractivity contribution in [2.24, 2.45) is 0 Å². The average Bonchev–Trinajstić information content (AvgIpc) is 3.25. The van der Waals surface area contributed by atoms with Crippen molar-refractivity contribution in [1.29, 1.82) is 0 Å². The summed E-state index contributed by atoms with van der Waals surface area (Å²) in [6.07, 6.45) is 1.71. The zero-order chi connectivity index (χ0) is 17.4. The van der Waals surface area contributed by atoms with Crippen LogP contribution in [0.25, 0.3) is 5.82 Å². The van der Waals surface area contributed by atoms with Crippen molar-refractivity contribution >= 4 is 16.5 Å². The minimum atomic E-state index is -0.0698. The Kier molecular flexibility index (Phi) is 4.08. The minimum absolute atomic E-state index is 0.0698. The SMILES string of the molecule is Cc1cc(C)n(-c2ccc(=O)n(C3CCN(c4nncs4)CC3)n2)n1. The highest BCUT2D eigenvalue weighted by Crippen LogP contribution is 2.26. The molecule has 9 heteroatoms. The summed E-state index contributed by atoms with van der Waals surface area (Å²) in [5.74, 6) is 0.678. The van der Waals surface area contributed by atoms with Crippen LogP contribution in [0.4, 0.5) is 5.13 Å². The zero-order valence-corrected chi connectivity index (χ0v) is 15.0. The van der Waals surface area contributed by atoms with Gasteiger partial charge in [0, 0.05) is 24.8 Å². The van der Waals surface area contributed by atoms with E-state index in [4.69, 9.17) is 0 Å². The highest BCUT2D eigenvalue weighted by molar-refractivity contribution is 7.13. The van der Waals surface area contributed by atoms with Crippen molar-refractivity contribution in [1.82, 2.24) is 29.8 Å². The van der Waals surface area contributed by atoms with Gasteiger partial charge in [-0.15, -0.1) is 15.3 Å². The van der Waals surface area contributed by atoms with Gasteiger partial charge in [0.15, 0.2) is 5.82 Å². The first kappa shape index (κ1) is 15.9. The highest BCUT2D eigenvalue weighted by Gasteiger charge is 2.24. The fourth-order valence-corrected chi connectivity index (χ4v) is 3.87. The first-order chi connectivity index (χ1) is 12.1. The lowest BCUT2D eigenvalue weighted by Crippen LogP contribution is -2.38. The molecule has 3 aromatic heterocycles. The smallest absolute Gasteiger partial charge is 0.267 e. The Morgan fingerprint density at radius 1 is 1.16 bits per heavy atom. The molecule has 1 fully saturated rings. The molecule has 0 N–H and O–H groups in total. The van der Waals surface area contributed by atoms with Crippen molar-refractivity contribution in [2.45, 2.75) is 32.7 Å². The lowest BCUT2D eigenvalue weighted by atomic mass is 10.1. The second-order valence-corrected chi connectivity index (χ2v) is 7.06. The van der Waals surface area contributed by atoms with E-state index in [1.54, 1.807) is 38.3 Å². The maximum absolute atomic E-state index is 12.3. The third-order valence-electron chi connectivity index (χ3n) is 4.47. The number of aromatic nitrogens is 6. The molecule has 0 amide bonds. The van der Waals surface area contributed by atoms with Gasteiger partial charge in [-0.2, -0.15) is 5.10 Å². The van der Waals surface area contributed by atoms with Gasteiger partial charge in [0.2, 0.25) is 5.13 Å². The third kappa shape index (κ3) is 3.07. The number of piperidine rings is 1.